The first-order chi connectivity index (χ1) is 6.04. The van der Waals surface area contributed by atoms with Crippen LogP contribution in [-0.4, -0.2) is 17.5 Å². The molecule has 1 aliphatic heterocycles. The van der Waals surface area contributed by atoms with Crippen LogP contribution in [0.3, 0.4) is 0 Å². The summed E-state index contributed by atoms with van der Waals surface area (Å²) < 4.78 is 6.04. The maximum absolute atomic E-state index is 6.04. The fourth-order valence-electron chi connectivity index (χ4n) is 3.79. The van der Waals surface area contributed by atoms with Gasteiger partial charge in [0.2, 0.25) is 0 Å². The van der Waals surface area contributed by atoms with E-state index in [9.17, 15) is 0 Å². The van der Waals surface area contributed by atoms with Crippen molar-refractivity contribution in [3.05, 3.63) is 0 Å². The molecule has 2 unspecified atom stereocenters. The van der Waals surface area contributed by atoms with Crippen LogP contribution < -0.4 is 0 Å². The minimum Gasteiger partial charge on any atom is -0.374 e. The molecule has 0 aromatic rings. The largest absolute Gasteiger partial charge is 0.374 e. The van der Waals surface area contributed by atoms with Crippen LogP contribution in [0.2, 0.25) is 0 Å². The monoisotopic (exact) mass is 244 g/mol. The molecule has 0 radical (unpaired) electrons. The molecule has 13 heavy (non-hydrogen) atoms. The van der Waals surface area contributed by atoms with Crippen LogP contribution in [-0.2, 0) is 4.74 Å². The van der Waals surface area contributed by atoms with E-state index in [0.717, 1.165) is 17.9 Å². The van der Waals surface area contributed by atoms with Crippen LogP contribution in [0.1, 0.15) is 33.1 Å². The average molecular weight is 245 g/mol. The van der Waals surface area contributed by atoms with Crippen LogP contribution in [0.5, 0.6) is 0 Å². The minimum atomic E-state index is 0.282. The smallest absolute Gasteiger partial charge is 0.0760 e. The number of fused-ring (bicyclic) bond motifs is 2. The zero-order chi connectivity index (χ0) is 9.32. The molecule has 2 saturated carbocycles. The lowest BCUT2D eigenvalue weighted by Gasteiger charge is -2.55. The second kappa shape index (κ2) is 2.16. The summed E-state index contributed by atoms with van der Waals surface area (Å²) in [5.41, 5.74) is 1.36. The molecule has 1 heterocycles. The Morgan fingerprint density at radius 3 is 2.54 bits per heavy atom. The third-order valence-electron chi connectivity index (χ3n) is 4.47. The maximum Gasteiger partial charge on any atom is 0.0760 e. The Balaban J connectivity index is 1.86. The Labute approximate surface area is 88.4 Å². The van der Waals surface area contributed by atoms with Crippen molar-refractivity contribution in [1.29, 1.82) is 0 Å². The molecule has 2 heteroatoms. The number of hydrogen-bond acceptors (Lipinski definition) is 1. The van der Waals surface area contributed by atoms with Gasteiger partial charge in [0, 0.05) is 10.7 Å². The highest BCUT2D eigenvalue weighted by atomic mass is 79.9. The fraction of sp³-hybridized carbons (Fsp3) is 1.00. The summed E-state index contributed by atoms with van der Waals surface area (Å²) in [6.07, 6.45) is 3.97. The first-order valence-electron chi connectivity index (χ1n) is 5.24. The lowest BCUT2D eigenvalue weighted by Crippen LogP contribution is -2.55. The van der Waals surface area contributed by atoms with Gasteiger partial charge >= 0.3 is 0 Å². The first kappa shape index (κ1) is 8.72. The zero-order valence-electron chi connectivity index (χ0n) is 8.40. The summed E-state index contributed by atoms with van der Waals surface area (Å²) in [5, 5.41) is 1.15. The van der Waals surface area contributed by atoms with E-state index in [1.165, 1.54) is 19.3 Å². The number of alkyl halides is 1. The number of ether oxygens (including phenoxy) is 1. The SMILES string of the molecule is CC1(C)CC2(C1)OCC1CC12CBr. The third-order valence-corrected chi connectivity index (χ3v) is 5.47. The van der Waals surface area contributed by atoms with Crippen LogP contribution in [0.15, 0.2) is 0 Å². The van der Waals surface area contributed by atoms with Crippen molar-refractivity contribution >= 4 is 15.9 Å². The molecule has 1 nitrogen and oxygen atoms in total. The summed E-state index contributed by atoms with van der Waals surface area (Å²) >= 11 is 3.68. The van der Waals surface area contributed by atoms with Crippen molar-refractivity contribution in [3.8, 4) is 0 Å². The second-order valence-corrected chi connectivity index (χ2v) is 6.57. The molecular formula is C11H17BrO. The molecule has 3 fully saturated rings. The third kappa shape index (κ3) is 0.872. The highest BCUT2D eigenvalue weighted by Gasteiger charge is 2.75. The van der Waals surface area contributed by atoms with Crippen molar-refractivity contribution in [3.63, 3.8) is 0 Å². The van der Waals surface area contributed by atoms with Gasteiger partial charge in [-0.3, -0.25) is 0 Å². The van der Waals surface area contributed by atoms with E-state index >= 15 is 0 Å². The standard InChI is InChI=1S/C11H17BrO/c1-9(2)5-11(6-9)10(7-12)3-8(10)4-13-11/h8H,3-7H2,1-2H3. The Hall–Kier alpha value is 0.440. The predicted octanol–water partition coefficient (Wildman–Crippen LogP) is 2.98. The molecule has 2 atom stereocenters. The Bertz CT molecular complexity index is 249. The van der Waals surface area contributed by atoms with Gasteiger partial charge in [0.1, 0.15) is 0 Å². The summed E-state index contributed by atoms with van der Waals surface area (Å²) in [5.74, 6) is 0.878. The second-order valence-electron chi connectivity index (χ2n) is 6.01. The molecule has 0 aromatic carbocycles. The number of rotatable bonds is 1. The van der Waals surface area contributed by atoms with Gasteiger partial charge in [-0.25, -0.2) is 0 Å². The molecule has 1 spiro atoms. The van der Waals surface area contributed by atoms with Gasteiger partial charge in [-0.1, -0.05) is 29.8 Å². The van der Waals surface area contributed by atoms with Crippen molar-refractivity contribution in [2.45, 2.75) is 38.7 Å². The minimum absolute atomic E-state index is 0.282. The van der Waals surface area contributed by atoms with E-state index in [1.54, 1.807) is 0 Å². The van der Waals surface area contributed by atoms with Gasteiger partial charge in [-0.2, -0.15) is 0 Å². The van der Waals surface area contributed by atoms with Gasteiger partial charge in [0.15, 0.2) is 0 Å². The molecule has 0 bridgehead atoms. The van der Waals surface area contributed by atoms with Crippen molar-refractivity contribution in [2.75, 3.05) is 11.9 Å². The van der Waals surface area contributed by atoms with Crippen LogP contribution >= 0.6 is 15.9 Å². The van der Waals surface area contributed by atoms with Gasteiger partial charge < -0.3 is 4.74 Å². The van der Waals surface area contributed by atoms with Gasteiger partial charge in [-0.05, 0) is 30.6 Å². The van der Waals surface area contributed by atoms with Gasteiger partial charge in [-0.15, -0.1) is 0 Å². The zero-order valence-corrected chi connectivity index (χ0v) is 9.99. The predicted molar refractivity (Wildman–Crippen MR) is 56.0 cm³/mol. The molecule has 2 aliphatic carbocycles. The molecule has 0 aromatic heterocycles. The van der Waals surface area contributed by atoms with Gasteiger partial charge in [0.25, 0.3) is 0 Å². The van der Waals surface area contributed by atoms with Crippen molar-refractivity contribution < 1.29 is 4.74 Å². The summed E-state index contributed by atoms with van der Waals surface area (Å²) in [6, 6.07) is 0. The first-order valence-corrected chi connectivity index (χ1v) is 6.36. The van der Waals surface area contributed by atoms with E-state index in [0.29, 0.717) is 10.8 Å². The van der Waals surface area contributed by atoms with E-state index in [-0.39, 0.29) is 5.60 Å². The normalized spacial score (nSPS) is 48.7. The quantitative estimate of drug-likeness (QED) is 0.645. The molecular weight excluding hydrogens is 228 g/mol. The Kier molecular flexibility index (Phi) is 1.45. The van der Waals surface area contributed by atoms with E-state index in [1.807, 2.05) is 0 Å². The molecule has 0 N–H and O–H groups in total. The van der Waals surface area contributed by atoms with Crippen molar-refractivity contribution in [1.82, 2.24) is 0 Å². The highest BCUT2D eigenvalue weighted by molar-refractivity contribution is 9.09. The maximum atomic E-state index is 6.04. The number of hydrogen-bond donors (Lipinski definition) is 0. The summed E-state index contributed by atoms with van der Waals surface area (Å²) in [4.78, 5) is 0. The lowest BCUT2D eigenvalue weighted by atomic mass is 9.56. The van der Waals surface area contributed by atoms with E-state index < -0.39 is 0 Å². The van der Waals surface area contributed by atoms with Gasteiger partial charge in [0.05, 0.1) is 12.2 Å². The molecule has 74 valence electrons. The average Bonchev–Trinajstić information content (AvgIpc) is 2.65. The van der Waals surface area contributed by atoms with E-state index in [4.69, 9.17) is 4.74 Å². The molecule has 0 amide bonds. The highest BCUT2D eigenvalue weighted by Crippen LogP contribution is 2.74. The van der Waals surface area contributed by atoms with Crippen LogP contribution in [0.4, 0.5) is 0 Å². The molecule has 1 saturated heterocycles. The summed E-state index contributed by atoms with van der Waals surface area (Å²) in [7, 11) is 0. The van der Waals surface area contributed by atoms with Crippen LogP contribution in [0, 0.1) is 16.7 Å². The Morgan fingerprint density at radius 1 is 1.38 bits per heavy atom. The summed E-state index contributed by atoms with van der Waals surface area (Å²) in [6.45, 7) is 5.75. The Morgan fingerprint density at radius 2 is 2.08 bits per heavy atom. The number of halogens is 1. The lowest BCUT2D eigenvalue weighted by molar-refractivity contribution is -0.164. The fourth-order valence-corrected chi connectivity index (χ4v) is 4.99. The van der Waals surface area contributed by atoms with E-state index in [2.05, 4.69) is 29.8 Å². The molecule has 3 rings (SSSR count). The van der Waals surface area contributed by atoms with Crippen LogP contribution in [0.25, 0.3) is 0 Å². The van der Waals surface area contributed by atoms with Crippen molar-refractivity contribution in [2.24, 2.45) is 16.7 Å². The topological polar surface area (TPSA) is 9.23 Å². The molecule has 3 aliphatic rings.